The fourth-order valence-electron chi connectivity index (χ4n) is 2.72. The van der Waals surface area contributed by atoms with Gasteiger partial charge in [-0.05, 0) is 31.7 Å². The Morgan fingerprint density at radius 1 is 1.11 bits per heavy atom. The van der Waals surface area contributed by atoms with Crippen molar-refractivity contribution in [3.8, 4) is 0 Å². The minimum atomic E-state index is -3.59. The molecule has 0 saturated carbocycles. The third-order valence-electron chi connectivity index (χ3n) is 3.85. The number of carbonyl (C=O) groups excluding carboxylic acids is 1. The average molecular weight is 414 g/mol. The van der Waals surface area contributed by atoms with E-state index in [9.17, 15) is 19.3 Å². The maximum Gasteiger partial charge on any atom is 0.351 e. The highest BCUT2D eigenvalue weighted by Gasteiger charge is 2.37. The number of benzene rings is 1. The van der Waals surface area contributed by atoms with Crippen LogP contribution in [0, 0.1) is 5.92 Å². The van der Waals surface area contributed by atoms with E-state index in [4.69, 9.17) is 9.05 Å². The third kappa shape index (κ3) is 7.72. The van der Waals surface area contributed by atoms with Crippen LogP contribution in [0.3, 0.4) is 0 Å². The van der Waals surface area contributed by atoms with E-state index in [0.29, 0.717) is 12.0 Å². The number of carboxylic acids is 1. The lowest BCUT2D eigenvalue weighted by Gasteiger charge is -2.27. The SMILES string of the molecule is CCOP(=O)(OCC)C(NCC(=O)N[C@@H](CC(C)C)C(=O)O)c1ccccc1. The normalized spacial score (nSPS) is 13.9. The number of amides is 1. The Hall–Kier alpha value is -1.73. The van der Waals surface area contributed by atoms with Crippen molar-refractivity contribution in [1.82, 2.24) is 10.6 Å². The predicted molar refractivity (Wildman–Crippen MR) is 107 cm³/mol. The van der Waals surface area contributed by atoms with E-state index in [1.807, 2.05) is 19.9 Å². The number of rotatable bonds is 13. The molecule has 1 aromatic carbocycles. The molecular weight excluding hydrogens is 383 g/mol. The third-order valence-corrected chi connectivity index (χ3v) is 6.20. The quantitative estimate of drug-likeness (QED) is 0.425. The standard InChI is InChI=1S/C19H31N2O6P/c1-5-26-28(25,27-6-2)18(15-10-8-7-9-11-15)20-13-17(22)21-16(19(23)24)12-14(3)4/h7-11,14,16,18,20H,5-6,12-13H2,1-4H3,(H,21,22)(H,23,24)/t16-,18?/m0/s1. The van der Waals surface area contributed by atoms with E-state index in [2.05, 4.69) is 10.6 Å². The number of aliphatic carboxylic acids is 1. The lowest BCUT2D eigenvalue weighted by molar-refractivity contribution is -0.142. The van der Waals surface area contributed by atoms with Crippen molar-refractivity contribution in [2.24, 2.45) is 5.92 Å². The summed E-state index contributed by atoms with van der Waals surface area (Å²) in [6, 6.07) is 7.95. The molecule has 0 aliphatic rings. The first-order valence-corrected chi connectivity index (χ1v) is 11.0. The maximum absolute atomic E-state index is 13.3. The van der Waals surface area contributed by atoms with E-state index in [-0.39, 0.29) is 25.7 Å². The van der Waals surface area contributed by atoms with Crippen LogP contribution in [-0.2, 0) is 23.2 Å². The molecule has 9 heteroatoms. The van der Waals surface area contributed by atoms with Crippen LogP contribution in [-0.4, -0.2) is 42.8 Å². The zero-order valence-corrected chi connectivity index (χ0v) is 17.8. The first-order valence-electron chi connectivity index (χ1n) is 9.42. The molecule has 0 saturated heterocycles. The molecule has 0 fully saturated rings. The van der Waals surface area contributed by atoms with Gasteiger partial charge in [-0.25, -0.2) is 4.79 Å². The Morgan fingerprint density at radius 3 is 2.14 bits per heavy atom. The summed E-state index contributed by atoms with van der Waals surface area (Å²) in [5.41, 5.74) is 0.650. The van der Waals surface area contributed by atoms with E-state index in [0.717, 1.165) is 0 Å². The number of carboxylic acid groups (broad SMARTS) is 1. The molecule has 0 radical (unpaired) electrons. The molecule has 28 heavy (non-hydrogen) atoms. The van der Waals surface area contributed by atoms with Gasteiger partial charge < -0.3 is 19.5 Å². The van der Waals surface area contributed by atoms with E-state index in [1.54, 1.807) is 38.1 Å². The van der Waals surface area contributed by atoms with Crippen molar-refractivity contribution in [1.29, 1.82) is 0 Å². The van der Waals surface area contributed by atoms with Crippen molar-refractivity contribution in [2.45, 2.75) is 45.9 Å². The van der Waals surface area contributed by atoms with Crippen LogP contribution in [0.15, 0.2) is 30.3 Å². The molecule has 1 amide bonds. The first kappa shape index (κ1) is 24.3. The minimum Gasteiger partial charge on any atom is -0.480 e. The molecule has 3 N–H and O–H groups in total. The first-order chi connectivity index (χ1) is 13.2. The largest absolute Gasteiger partial charge is 0.480 e. The molecule has 0 spiro atoms. The highest BCUT2D eigenvalue weighted by Crippen LogP contribution is 2.59. The second-order valence-electron chi connectivity index (χ2n) is 6.66. The number of hydrogen-bond acceptors (Lipinski definition) is 6. The van der Waals surface area contributed by atoms with E-state index in [1.165, 1.54) is 0 Å². The molecule has 0 heterocycles. The van der Waals surface area contributed by atoms with Crippen LogP contribution >= 0.6 is 7.60 Å². The number of carbonyl (C=O) groups is 2. The average Bonchev–Trinajstić information content (AvgIpc) is 2.62. The van der Waals surface area contributed by atoms with E-state index >= 15 is 0 Å². The van der Waals surface area contributed by atoms with Crippen LogP contribution < -0.4 is 10.6 Å². The molecule has 8 nitrogen and oxygen atoms in total. The fraction of sp³-hybridized carbons (Fsp3) is 0.579. The molecular formula is C19H31N2O6P. The van der Waals surface area contributed by atoms with Crippen molar-refractivity contribution in [3.05, 3.63) is 35.9 Å². The zero-order chi connectivity index (χ0) is 21.2. The highest BCUT2D eigenvalue weighted by atomic mass is 31.2. The van der Waals surface area contributed by atoms with Gasteiger partial charge >= 0.3 is 13.6 Å². The Morgan fingerprint density at radius 2 is 1.68 bits per heavy atom. The molecule has 0 bridgehead atoms. The minimum absolute atomic E-state index is 0.113. The van der Waals surface area contributed by atoms with Gasteiger partial charge in [0.25, 0.3) is 0 Å². The monoisotopic (exact) mass is 414 g/mol. The van der Waals surface area contributed by atoms with Gasteiger partial charge in [-0.1, -0.05) is 44.2 Å². The molecule has 1 rings (SSSR count). The van der Waals surface area contributed by atoms with Crippen LogP contribution in [0.4, 0.5) is 0 Å². The van der Waals surface area contributed by atoms with Gasteiger partial charge in [0.1, 0.15) is 11.8 Å². The summed E-state index contributed by atoms with van der Waals surface area (Å²) in [4.78, 5) is 23.6. The summed E-state index contributed by atoms with van der Waals surface area (Å²) in [6.45, 7) is 7.32. The van der Waals surface area contributed by atoms with Gasteiger partial charge in [-0.3, -0.25) is 14.7 Å². The summed E-state index contributed by atoms with van der Waals surface area (Å²) in [6.07, 6.45) is 0.319. The lowest BCUT2D eigenvalue weighted by Crippen LogP contribution is -2.45. The fourth-order valence-corrected chi connectivity index (χ4v) is 4.67. The van der Waals surface area contributed by atoms with Gasteiger partial charge in [0.15, 0.2) is 0 Å². The molecule has 1 unspecified atom stereocenters. The van der Waals surface area contributed by atoms with Gasteiger partial charge in [0.2, 0.25) is 5.91 Å². The van der Waals surface area contributed by atoms with E-state index < -0.39 is 31.3 Å². The summed E-state index contributed by atoms with van der Waals surface area (Å²) >= 11 is 0. The number of nitrogens with one attached hydrogen (secondary N) is 2. The second kappa shape index (κ2) is 12.0. The van der Waals surface area contributed by atoms with Crippen molar-refractivity contribution < 1.29 is 28.3 Å². The zero-order valence-electron chi connectivity index (χ0n) is 16.9. The second-order valence-corrected chi connectivity index (χ2v) is 8.77. The summed E-state index contributed by atoms with van der Waals surface area (Å²) < 4.78 is 24.1. The number of hydrogen-bond donors (Lipinski definition) is 3. The molecule has 158 valence electrons. The van der Waals surface area contributed by atoms with Crippen molar-refractivity contribution in [2.75, 3.05) is 19.8 Å². The molecule has 2 atom stereocenters. The van der Waals surface area contributed by atoms with Gasteiger partial charge in [-0.2, -0.15) is 0 Å². The van der Waals surface area contributed by atoms with Crippen molar-refractivity contribution >= 4 is 19.5 Å². The van der Waals surface area contributed by atoms with Crippen LogP contribution in [0.2, 0.25) is 0 Å². The van der Waals surface area contributed by atoms with Crippen LogP contribution in [0.1, 0.15) is 45.5 Å². The van der Waals surface area contributed by atoms with Crippen LogP contribution in [0.25, 0.3) is 0 Å². The molecule has 1 aromatic rings. The van der Waals surface area contributed by atoms with Gasteiger partial charge in [-0.15, -0.1) is 0 Å². The Labute approximate surface area is 166 Å². The smallest absolute Gasteiger partial charge is 0.351 e. The van der Waals surface area contributed by atoms with Gasteiger partial charge in [0.05, 0.1) is 19.8 Å². The summed E-state index contributed by atoms with van der Waals surface area (Å²) in [7, 11) is -3.59. The highest BCUT2D eigenvalue weighted by molar-refractivity contribution is 7.54. The Bertz CT molecular complexity index is 658. The van der Waals surface area contributed by atoms with Crippen LogP contribution in [0.5, 0.6) is 0 Å². The van der Waals surface area contributed by atoms with Gasteiger partial charge in [0, 0.05) is 0 Å². The molecule has 0 aromatic heterocycles. The predicted octanol–water partition coefficient (Wildman–Crippen LogP) is 3.16. The topological polar surface area (TPSA) is 114 Å². The summed E-state index contributed by atoms with van der Waals surface area (Å²) in [5, 5.41) is 14.7. The summed E-state index contributed by atoms with van der Waals surface area (Å²) in [5.74, 6) is -2.33. The molecule has 0 aliphatic carbocycles. The lowest BCUT2D eigenvalue weighted by atomic mass is 10.0. The maximum atomic E-state index is 13.3. The van der Waals surface area contributed by atoms with Crippen molar-refractivity contribution in [3.63, 3.8) is 0 Å². The molecule has 0 aliphatic heterocycles. The Kier molecular flexibility index (Phi) is 10.4. The Balaban J connectivity index is 2.94.